The van der Waals surface area contributed by atoms with Crippen molar-refractivity contribution in [2.45, 2.75) is 63.5 Å². The van der Waals surface area contributed by atoms with E-state index in [1.807, 2.05) is 0 Å². The number of rotatable bonds is 2. The summed E-state index contributed by atoms with van der Waals surface area (Å²) in [6, 6.07) is 1.02. The minimum absolute atomic E-state index is 0. The molecule has 0 saturated heterocycles. The van der Waals surface area contributed by atoms with Gasteiger partial charge in [0.25, 0.3) is 0 Å². The molecule has 3 rings (SSSR count). The van der Waals surface area contributed by atoms with Gasteiger partial charge in [-0.25, -0.2) is 4.98 Å². The van der Waals surface area contributed by atoms with Crippen molar-refractivity contribution in [3.8, 4) is 0 Å². The minimum atomic E-state index is 0. The molecule has 3 N–H and O–H groups in total. The Balaban J connectivity index is 0.00000147. The second-order valence-corrected chi connectivity index (χ2v) is 6.13. The van der Waals surface area contributed by atoms with Crippen LogP contribution in [0.1, 0.15) is 54.2 Å². The molecule has 1 saturated carbocycles. The molecule has 1 fully saturated rings. The molecule has 4 nitrogen and oxygen atoms in total. The number of hydrogen-bond donors (Lipinski definition) is 3. The van der Waals surface area contributed by atoms with E-state index in [2.05, 4.69) is 20.6 Å². The molecule has 0 spiro atoms. The lowest BCUT2D eigenvalue weighted by atomic mass is 9.95. The number of nitrogens with zero attached hydrogens (tertiary/aromatic N) is 1. The van der Waals surface area contributed by atoms with Gasteiger partial charge in [-0.1, -0.05) is 19.3 Å². The fourth-order valence-electron chi connectivity index (χ4n) is 3.18. The van der Waals surface area contributed by atoms with E-state index in [0.717, 1.165) is 24.4 Å². The van der Waals surface area contributed by atoms with Crippen LogP contribution in [0.2, 0.25) is 0 Å². The monoisotopic (exact) mass is 284 g/mol. The molecule has 1 heterocycles. The van der Waals surface area contributed by atoms with Crippen molar-refractivity contribution in [1.82, 2.24) is 20.6 Å². The van der Waals surface area contributed by atoms with Crippen LogP contribution in [0, 0.1) is 0 Å². The molecule has 19 heavy (non-hydrogen) atoms. The largest absolute Gasteiger partial charge is 0.360 e. The minimum Gasteiger partial charge on any atom is -0.360 e. The zero-order valence-electron chi connectivity index (χ0n) is 11.2. The number of aromatic amines is 1. The molecule has 0 amide bonds. The molecule has 0 radical (unpaired) electrons. The lowest BCUT2D eigenvalue weighted by Crippen LogP contribution is -2.48. The Morgan fingerprint density at radius 2 is 2.00 bits per heavy atom. The molecule has 110 valence electrons. The fraction of sp³-hybridized carbons (Fsp3) is 0.714. The molecule has 0 aliphatic heterocycles. The van der Waals surface area contributed by atoms with Gasteiger partial charge in [0.15, 0.2) is 5.11 Å². The highest BCUT2D eigenvalue weighted by Crippen LogP contribution is 2.19. The molecule has 2 aliphatic carbocycles. The van der Waals surface area contributed by atoms with Gasteiger partial charge in [-0.15, -0.1) is 0 Å². The maximum absolute atomic E-state index is 5.45. The van der Waals surface area contributed by atoms with E-state index in [1.54, 1.807) is 6.33 Å². The summed E-state index contributed by atoms with van der Waals surface area (Å²) in [6.45, 7) is 0. The van der Waals surface area contributed by atoms with Gasteiger partial charge in [0.1, 0.15) is 0 Å². The van der Waals surface area contributed by atoms with Crippen LogP contribution in [0.4, 0.5) is 0 Å². The average molecular weight is 284 g/mol. The van der Waals surface area contributed by atoms with Crippen molar-refractivity contribution in [2.24, 2.45) is 0 Å². The van der Waals surface area contributed by atoms with Crippen molar-refractivity contribution in [3.05, 3.63) is 17.7 Å². The first-order valence-corrected chi connectivity index (χ1v) is 7.80. The summed E-state index contributed by atoms with van der Waals surface area (Å²) in [5.41, 5.74) is 2.49. The lowest BCUT2D eigenvalue weighted by molar-refractivity contribution is 0.408. The first-order chi connectivity index (χ1) is 9.31. The molecule has 1 atom stereocenters. The Bertz CT molecular complexity index is 449. The van der Waals surface area contributed by atoms with Gasteiger partial charge in [0.05, 0.1) is 12.0 Å². The van der Waals surface area contributed by atoms with Gasteiger partial charge in [-0.2, -0.15) is 0 Å². The number of H-pyrrole nitrogens is 1. The zero-order valence-corrected chi connectivity index (χ0v) is 12.1. The second kappa shape index (κ2) is 5.90. The number of thiocarbonyl (C=S) groups is 1. The van der Waals surface area contributed by atoms with Crippen LogP contribution in [0.25, 0.3) is 0 Å². The summed E-state index contributed by atoms with van der Waals surface area (Å²) < 4.78 is 0. The van der Waals surface area contributed by atoms with Crippen molar-refractivity contribution in [2.75, 3.05) is 0 Å². The summed E-state index contributed by atoms with van der Waals surface area (Å²) in [6.07, 6.45) is 11.5. The smallest absolute Gasteiger partial charge is 0.166 e. The van der Waals surface area contributed by atoms with Gasteiger partial charge in [-0.3, -0.25) is 0 Å². The van der Waals surface area contributed by atoms with Gasteiger partial charge < -0.3 is 15.6 Å². The number of aryl methyl sites for hydroxylation is 1. The highest BCUT2D eigenvalue weighted by molar-refractivity contribution is 7.80. The highest BCUT2D eigenvalue weighted by Gasteiger charge is 2.22. The Kier molecular flexibility index (Phi) is 4.01. The van der Waals surface area contributed by atoms with Crippen LogP contribution in [0.15, 0.2) is 6.33 Å². The van der Waals surface area contributed by atoms with Crippen LogP contribution >= 0.6 is 12.2 Å². The van der Waals surface area contributed by atoms with Gasteiger partial charge in [-0.05, 0) is 37.9 Å². The molecule has 1 unspecified atom stereocenters. The van der Waals surface area contributed by atoms with Crippen molar-refractivity contribution >= 4 is 17.3 Å². The summed E-state index contributed by atoms with van der Waals surface area (Å²) in [4.78, 5) is 7.56. The van der Waals surface area contributed by atoms with E-state index >= 15 is 0 Å². The normalized spacial score (nSPS) is 23.7. The van der Waals surface area contributed by atoms with Crippen LogP contribution in [0.5, 0.6) is 0 Å². The molecule has 0 bridgehead atoms. The number of hydrogen-bond acceptors (Lipinski definition) is 2. The topological polar surface area (TPSA) is 52.7 Å². The standard InChI is InChI=1S/C14H22N4S.3H2/c19-14(17-10-4-2-1-3-5-10)18-11-6-7-12-13(8-11)16-9-15-12;;;/h9-11H,1-8H2,(H,15,16)(H2,17,18,19);3*1H. The quantitative estimate of drug-likeness (QED) is 0.731. The summed E-state index contributed by atoms with van der Waals surface area (Å²) in [5.74, 6) is 0. The Morgan fingerprint density at radius 1 is 1.21 bits per heavy atom. The van der Waals surface area contributed by atoms with Crippen LogP contribution in [-0.4, -0.2) is 27.2 Å². The number of imidazole rings is 1. The number of nitrogens with one attached hydrogen (secondary N) is 3. The SMILES string of the molecule is S=C(NC1CCCCC1)NC1CCc2nc[nH]c2C1.[HH].[HH].[HH]. The maximum atomic E-state index is 5.45. The Hall–Kier alpha value is -1.10. The van der Waals surface area contributed by atoms with Crippen LogP contribution in [-0.2, 0) is 12.8 Å². The van der Waals surface area contributed by atoms with Crippen molar-refractivity contribution in [1.29, 1.82) is 0 Å². The van der Waals surface area contributed by atoms with Gasteiger partial charge in [0.2, 0.25) is 0 Å². The fourth-order valence-corrected chi connectivity index (χ4v) is 3.52. The van der Waals surface area contributed by atoms with E-state index in [0.29, 0.717) is 12.1 Å². The van der Waals surface area contributed by atoms with Crippen molar-refractivity contribution < 1.29 is 4.28 Å². The van der Waals surface area contributed by atoms with Crippen LogP contribution < -0.4 is 10.6 Å². The van der Waals surface area contributed by atoms with Gasteiger partial charge >= 0.3 is 0 Å². The highest BCUT2D eigenvalue weighted by atomic mass is 32.1. The predicted octanol–water partition coefficient (Wildman–Crippen LogP) is 2.80. The molecule has 1 aromatic heterocycles. The summed E-state index contributed by atoms with van der Waals surface area (Å²) in [5, 5.41) is 7.78. The molecule has 1 aromatic rings. The first-order valence-electron chi connectivity index (χ1n) is 7.39. The third-order valence-corrected chi connectivity index (χ3v) is 4.50. The summed E-state index contributed by atoms with van der Waals surface area (Å²) >= 11 is 5.45. The number of aromatic nitrogens is 2. The van der Waals surface area contributed by atoms with E-state index < -0.39 is 0 Å². The predicted molar refractivity (Wildman–Crippen MR) is 86.5 cm³/mol. The molecule has 2 aliphatic rings. The maximum Gasteiger partial charge on any atom is 0.166 e. The number of fused-ring (bicyclic) bond motifs is 1. The van der Waals surface area contributed by atoms with E-state index in [1.165, 1.54) is 43.5 Å². The van der Waals surface area contributed by atoms with E-state index in [-0.39, 0.29) is 4.28 Å². The van der Waals surface area contributed by atoms with E-state index in [9.17, 15) is 0 Å². The molecular formula is C14H28N4S. The van der Waals surface area contributed by atoms with Crippen molar-refractivity contribution in [3.63, 3.8) is 0 Å². The zero-order chi connectivity index (χ0) is 13.1. The third kappa shape index (κ3) is 3.26. The van der Waals surface area contributed by atoms with Crippen LogP contribution in [0.3, 0.4) is 0 Å². The molecule has 5 heteroatoms. The lowest BCUT2D eigenvalue weighted by Gasteiger charge is -2.28. The van der Waals surface area contributed by atoms with Gasteiger partial charge in [0, 0.05) is 28.5 Å². The first kappa shape index (κ1) is 12.9. The Morgan fingerprint density at radius 3 is 2.84 bits per heavy atom. The molecule has 0 aromatic carbocycles. The third-order valence-electron chi connectivity index (χ3n) is 4.26. The average Bonchev–Trinajstić information content (AvgIpc) is 2.87. The molecular weight excluding hydrogens is 256 g/mol. The van der Waals surface area contributed by atoms with E-state index in [4.69, 9.17) is 12.2 Å². The summed E-state index contributed by atoms with van der Waals surface area (Å²) in [7, 11) is 0. The Labute approximate surface area is 124 Å². The second-order valence-electron chi connectivity index (χ2n) is 5.72.